The van der Waals surface area contributed by atoms with E-state index in [0.29, 0.717) is 12.2 Å². The van der Waals surface area contributed by atoms with E-state index in [0.717, 1.165) is 12.8 Å². The molecule has 0 spiro atoms. The maximum atomic E-state index is 11.7. The van der Waals surface area contributed by atoms with E-state index < -0.39 is 0 Å². The van der Waals surface area contributed by atoms with Gasteiger partial charge in [-0.2, -0.15) is 0 Å². The van der Waals surface area contributed by atoms with Gasteiger partial charge in [-0.25, -0.2) is 0 Å². The number of carbonyl (C=O) groups is 1. The number of hydrogen-bond acceptors (Lipinski definition) is 2. The molecule has 0 atom stereocenters. The van der Waals surface area contributed by atoms with Gasteiger partial charge < -0.3 is 7.59 Å². The maximum absolute atomic E-state index is 11.7. The Hall–Kier alpha value is -0.0503. The molecule has 0 radical (unpaired) electrons. The minimum atomic E-state index is -0.106. The number of para-hydroxylation sites is 1. The molecule has 152 valence electrons. The second-order valence-corrected chi connectivity index (χ2v) is 7.49. The van der Waals surface area contributed by atoms with Gasteiger partial charge >= 0.3 is 43.7 Å². The first kappa shape index (κ1) is 26.9. The van der Waals surface area contributed by atoms with Crippen LogP contribution in [-0.4, -0.2) is 43.7 Å². The Morgan fingerprint density at radius 2 is 1.11 bits per heavy atom. The maximum Gasteiger partial charge on any atom is 2.00 e. The van der Waals surface area contributed by atoms with Crippen molar-refractivity contribution >= 4 is 43.7 Å². The van der Waals surface area contributed by atoms with Gasteiger partial charge in [0.25, 0.3) is 0 Å². The van der Waals surface area contributed by atoms with E-state index in [-0.39, 0.29) is 46.6 Å². The first-order valence-electron chi connectivity index (χ1n) is 11.1. The number of carbonyl (C=O) groups excluding carboxylic acids is 1. The molecular weight excluding hydrogens is 360 g/mol. The van der Waals surface area contributed by atoms with Crippen molar-refractivity contribution in [3.63, 3.8) is 0 Å². The fraction of sp³-hybridized carbons (Fsp3) is 0.708. The van der Waals surface area contributed by atoms with Crippen LogP contribution in [0.3, 0.4) is 0 Å². The zero-order valence-electron chi connectivity index (χ0n) is 19.7. The van der Waals surface area contributed by atoms with Gasteiger partial charge in [-0.1, -0.05) is 115 Å². The minimum Gasteiger partial charge on any atom is -1.00 e. The molecule has 0 bridgehead atoms. The number of benzene rings is 1. The predicted octanol–water partition coefficient (Wildman–Crippen LogP) is 7.70. The molecule has 27 heavy (non-hydrogen) atoms. The average molecular weight is 403 g/mol. The van der Waals surface area contributed by atoms with Gasteiger partial charge in [0.15, 0.2) is 0 Å². The standard InChI is InChI=1S/C24H40O2.Ca.2H/c1-2-3-4-5-6-7-8-9-10-11-12-13-14-15-19-22-24(25)26-23-20-17-16-18-21-23;;;/h16-18,20-21H,2-15,19,22H2,1H3;;;/q;+2;2*-1. The Bertz CT molecular complexity index is 444. The Morgan fingerprint density at radius 3 is 1.56 bits per heavy atom. The molecule has 0 aliphatic heterocycles. The van der Waals surface area contributed by atoms with Crippen molar-refractivity contribution in [3.05, 3.63) is 30.3 Å². The van der Waals surface area contributed by atoms with E-state index in [1.807, 2.05) is 30.3 Å². The summed E-state index contributed by atoms with van der Waals surface area (Å²) in [6.45, 7) is 2.28. The average Bonchev–Trinajstić information content (AvgIpc) is 2.65. The zero-order chi connectivity index (χ0) is 18.7. The van der Waals surface area contributed by atoms with E-state index >= 15 is 0 Å². The van der Waals surface area contributed by atoms with Crippen LogP contribution in [-0.2, 0) is 4.79 Å². The summed E-state index contributed by atoms with van der Waals surface area (Å²) in [6.07, 6.45) is 20.7. The first-order chi connectivity index (χ1) is 12.8. The van der Waals surface area contributed by atoms with E-state index in [1.165, 1.54) is 83.5 Å². The molecule has 3 heteroatoms. The second-order valence-electron chi connectivity index (χ2n) is 7.49. The predicted molar refractivity (Wildman–Crippen MR) is 120 cm³/mol. The van der Waals surface area contributed by atoms with Crippen LogP contribution < -0.4 is 4.74 Å². The molecule has 0 aliphatic rings. The van der Waals surface area contributed by atoms with Crippen molar-refractivity contribution in [3.8, 4) is 5.75 Å². The van der Waals surface area contributed by atoms with Crippen LogP contribution in [0.2, 0.25) is 0 Å². The van der Waals surface area contributed by atoms with Crippen molar-refractivity contribution < 1.29 is 12.4 Å². The summed E-state index contributed by atoms with van der Waals surface area (Å²) >= 11 is 0. The Kier molecular flexibility index (Phi) is 20.6. The number of hydrogen-bond donors (Lipinski definition) is 0. The molecule has 0 heterocycles. The van der Waals surface area contributed by atoms with Gasteiger partial charge in [-0.05, 0) is 18.6 Å². The summed E-state index contributed by atoms with van der Waals surface area (Å²) in [5.41, 5.74) is 0. The van der Waals surface area contributed by atoms with Gasteiger partial charge in [0.05, 0.1) is 0 Å². The fourth-order valence-corrected chi connectivity index (χ4v) is 3.31. The summed E-state index contributed by atoms with van der Waals surface area (Å²) in [6, 6.07) is 9.34. The van der Waals surface area contributed by atoms with Gasteiger partial charge in [0.2, 0.25) is 0 Å². The molecule has 0 aliphatic carbocycles. The molecule has 0 unspecified atom stereocenters. The molecule has 0 fully saturated rings. The summed E-state index contributed by atoms with van der Waals surface area (Å²) in [5, 5.41) is 0. The Morgan fingerprint density at radius 1 is 0.704 bits per heavy atom. The quantitative estimate of drug-likeness (QED) is 0.115. The summed E-state index contributed by atoms with van der Waals surface area (Å²) in [5.74, 6) is 0.546. The zero-order valence-corrected chi connectivity index (χ0v) is 19.9. The number of unbranched alkanes of at least 4 members (excludes halogenated alkanes) is 14. The topological polar surface area (TPSA) is 26.3 Å². The van der Waals surface area contributed by atoms with Crippen LogP contribution in [0.1, 0.15) is 113 Å². The Balaban J connectivity index is -0.00000225. The monoisotopic (exact) mass is 402 g/mol. The van der Waals surface area contributed by atoms with Gasteiger partial charge in [-0.15, -0.1) is 0 Å². The molecule has 1 rings (SSSR count). The molecular formula is C24H42CaO2. The summed E-state index contributed by atoms with van der Waals surface area (Å²) in [4.78, 5) is 11.7. The van der Waals surface area contributed by atoms with Crippen LogP contribution >= 0.6 is 0 Å². The fourth-order valence-electron chi connectivity index (χ4n) is 3.31. The second kappa shape index (κ2) is 20.7. The van der Waals surface area contributed by atoms with Gasteiger partial charge in [-0.3, -0.25) is 4.79 Å². The summed E-state index contributed by atoms with van der Waals surface area (Å²) < 4.78 is 5.29. The van der Waals surface area contributed by atoms with E-state index in [4.69, 9.17) is 4.74 Å². The number of rotatable bonds is 17. The third-order valence-corrected chi connectivity index (χ3v) is 4.96. The molecule has 1 aromatic carbocycles. The molecule has 0 saturated heterocycles. The third-order valence-electron chi connectivity index (χ3n) is 4.96. The SMILES string of the molecule is CCCCCCCCCCCCCCCCCC(=O)Oc1ccccc1.[Ca+2].[H-].[H-]. The van der Waals surface area contributed by atoms with Crippen molar-refractivity contribution in [2.75, 3.05) is 0 Å². The molecule has 2 nitrogen and oxygen atoms in total. The minimum absolute atomic E-state index is 0. The first-order valence-corrected chi connectivity index (χ1v) is 11.1. The molecule has 0 amide bonds. The third kappa shape index (κ3) is 17.8. The van der Waals surface area contributed by atoms with Gasteiger partial charge in [0, 0.05) is 6.42 Å². The van der Waals surface area contributed by atoms with Crippen LogP contribution in [0.15, 0.2) is 30.3 Å². The van der Waals surface area contributed by atoms with Gasteiger partial charge in [0.1, 0.15) is 5.75 Å². The van der Waals surface area contributed by atoms with Crippen molar-refractivity contribution in [1.29, 1.82) is 0 Å². The van der Waals surface area contributed by atoms with Crippen LogP contribution in [0.25, 0.3) is 0 Å². The smallest absolute Gasteiger partial charge is 1.00 e. The molecule has 1 aromatic rings. The van der Waals surface area contributed by atoms with E-state index in [2.05, 4.69) is 6.92 Å². The molecule has 0 aromatic heterocycles. The molecule has 0 saturated carbocycles. The summed E-state index contributed by atoms with van der Waals surface area (Å²) in [7, 11) is 0. The van der Waals surface area contributed by atoms with Crippen molar-refractivity contribution in [2.45, 2.75) is 110 Å². The Labute approximate surface area is 200 Å². The van der Waals surface area contributed by atoms with Crippen LogP contribution in [0.4, 0.5) is 0 Å². The van der Waals surface area contributed by atoms with Crippen LogP contribution in [0, 0.1) is 0 Å². The largest absolute Gasteiger partial charge is 2.00 e. The van der Waals surface area contributed by atoms with Crippen molar-refractivity contribution in [2.24, 2.45) is 0 Å². The van der Waals surface area contributed by atoms with E-state index in [1.54, 1.807) is 0 Å². The van der Waals surface area contributed by atoms with E-state index in [9.17, 15) is 4.79 Å². The van der Waals surface area contributed by atoms with Crippen LogP contribution in [0.5, 0.6) is 5.75 Å². The number of ether oxygens (including phenoxy) is 1. The molecule has 0 N–H and O–H groups in total. The van der Waals surface area contributed by atoms with Crippen molar-refractivity contribution in [1.82, 2.24) is 0 Å². The number of esters is 1. The normalized spacial score (nSPS) is 10.4.